The van der Waals surface area contributed by atoms with Crippen molar-refractivity contribution < 1.29 is 13.9 Å². The van der Waals surface area contributed by atoms with E-state index in [0.717, 1.165) is 6.07 Å². The number of phenols is 1. The van der Waals surface area contributed by atoms with Crippen LogP contribution in [0.4, 0.5) is 8.78 Å². The topological polar surface area (TPSA) is 46.2 Å². The number of phenolic OH excluding ortho intramolecular Hbond substituents is 1. The summed E-state index contributed by atoms with van der Waals surface area (Å²) < 4.78 is 25.7. The lowest BCUT2D eigenvalue weighted by Gasteiger charge is -2.10. The highest BCUT2D eigenvalue weighted by atomic mass is 19.1. The first-order valence-corrected chi connectivity index (χ1v) is 3.94. The van der Waals surface area contributed by atoms with Crippen molar-refractivity contribution in [1.82, 2.24) is 0 Å². The number of rotatable bonds is 2. The zero-order chi connectivity index (χ0) is 10.0. The predicted molar refractivity (Wildman–Crippen MR) is 45.5 cm³/mol. The normalized spacial score (nSPS) is 12.9. The Morgan fingerprint density at radius 3 is 2.54 bits per heavy atom. The fraction of sp³-hybridized carbons (Fsp3) is 0.333. The third-order valence-corrected chi connectivity index (χ3v) is 1.95. The minimum Gasteiger partial charge on any atom is -0.505 e. The molecule has 13 heavy (non-hydrogen) atoms. The highest BCUT2D eigenvalue weighted by Crippen LogP contribution is 2.25. The molecular formula is C9H11F2NO. The Bertz CT molecular complexity index is 315. The average Bonchev–Trinajstić information content (AvgIpc) is 2.10. The van der Waals surface area contributed by atoms with Crippen molar-refractivity contribution in [1.29, 1.82) is 0 Å². The Hall–Kier alpha value is -1.16. The fourth-order valence-corrected chi connectivity index (χ4v) is 1.06. The molecule has 0 saturated heterocycles. The minimum atomic E-state index is -0.953. The zero-order valence-electron chi connectivity index (χ0n) is 7.22. The Kier molecular flexibility index (Phi) is 2.83. The SMILES string of the molecule is CC(CN)c1cc(O)c(F)cc1F. The van der Waals surface area contributed by atoms with Crippen LogP contribution < -0.4 is 5.73 Å². The summed E-state index contributed by atoms with van der Waals surface area (Å²) in [5, 5.41) is 8.99. The lowest BCUT2D eigenvalue weighted by atomic mass is 10.0. The second-order valence-corrected chi connectivity index (χ2v) is 2.96. The number of halogens is 2. The maximum Gasteiger partial charge on any atom is 0.167 e. The first kappa shape index (κ1) is 9.92. The van der Waals surface area contributed by atoms with Gasteiger partial charge >= 0.3 is 0 Å². The van der Waals surface area contributed by atoms with Crippen LogP contribution in [0.2, 0.25) is 0 Å². The van der Waals surface area contributed by atoms with Crippen molar-refractivity contribution in [2.45, 2.75) is 12.8 Å². The van der Waals surface area contributed by atoms with Gasteiger partial charge in [-0.05, 0) is 24.1 Å². The van der Waals surface area contributed by atoms with E-state index in [-0.39, 0.29) is 18.0 Å². The summed E-state index contributed by atoms with van der Waals surface area (Å²) in [4.78, 5) is 0. The molecule has 0 heterocycles. The molecule has 0 bridgehead atoms. The van der Waals surface area contributed by atoms with Gasteiger partial charge in [-0.1, -0.05) is 6.92 Å². The van der Waals surface area contributed by atoms with E-state index < -0.39 is 17.4 Å². The average molecular weight is 187 g/mol. The molecule has 1 atom stereocenters. The molecule has 0 aromatic heterocycles. The number of benzene rings is 1. The predicted octanol–water partition coefficient (Wildman–Crippen LogP) is 1.73. The van der Waals surface area contributed by atoms with Crippen LogP contribution in [0.15, 0.2) is 12.1 Å². The van der Waals surface area contributed by atoms with E-state index in [4.69, 9.17) is 10.8 Å². The van der Waals surface area contributed by atoms with Gasteiger partial charge in [-0.3, -0.25) is 0 Å². The summed E-state index contributed by atoms with van der Waals surface area (Å²) in [5.74, 6) is -2.40. The third kappa shape index (κ3) is 1.95. The van der Waals surface area contributed by atoms with Gasteiger partial charge in [0, 0.05) is 6.07 Å². The van der Waals surface area contributed by atoms with Gasteiger partial charge < -0.3 is 10.8 Å². The summed E-state index contributed by atoms with van der Waals surface area (Å²) in [5.41, 5.74) is 5.56. The van der Waals surface area contributed by atoms with Gasteiger partial charge in [-0.15, -0.1) is 0 Å². The second kappa shape index (κ2) is 3.70. The van der Waals surface area contributed by atoms with Gasteiger partial charge in [0.05, 0.1) is 0 Å². The molecule has 2 nitrogen and oxygen atoms in total. The molecule has 1 rings (SSSR count). The molecule has 0 spiro atoms. The van der Waals surface area contributed by atoms with Crippen LogP contribution in [-0.2, 0) is 0 Å². The van der Waals surface area contributed by atoms with E-state index in [1.54, 1.807) is 6.92 Å². The summed E-state index contributed by atoms with van der Waals surface area (Å²) in [6.45, 7) is 1.96. The molecule has 3 N–H and O–H groups in total. The molecule has 72 valence electrons. The molecule has 0 amide bonds. The van der Waals surface area contributed by atoms with E-state index >= 15 is 0 Å². The molecule has 0 aliphatic heterocycles. The molecular weight excluding hydrogens is 176 g/mol. The number of aromatic hydroxyl groups is 1. The Morgan fingerprint density at radius 1 is 1.38 bits per heavy atom. The van der Waals surface area contributed by atoms with Gasteiger partial charge in [0.25, 0.3) is 0 Å². The van der Waals surface area contributed by atoms with Crippen LogP contribution in [0, 0.1) is 11.6 Å². The lowest BCUT2D eigenvalue weighted by molar-refractivity contribution is 0.424. The van der Waals surface area contributed by atoms with Gasteiger partial charge in [0.15, 0.2) is 11.6 Å². The van der Waals surface area contributed by atoms with Gasteiger partial charge in [-0.2, -0.15) is 0 Å². The smallest absolute Gasteiger partial charge is 0.167 e. The van der Waals surface area contributed by atoms with Crippen LogP contribution in [0.5, 0.6) is 5.75 Å². The number of hydrogen-bond donors (Lipinski definition) is 2. The third-order valence-electron chi connectivity index (χ3n) is 1.95. The fourth-order valence-electron chi connectivity index (χ4n) is 1.06. The van der Waals surface area contributed by atoms with E-state index in [9.17, 15) is 8.78 Å². The zero-order valence-corrected chi connectivity index (χ0v) is 7.22. The lowest BCUT2D eigenvalue weighted by Crippen LogP contribution is -2.10. The molecule has 1 unspecified atom stereocenters. The first-order valence-electron chi connectivity index (χ1n) is 3.94. The van der Waals surface area contributed by atoms with Crippen LogP contribution in [0.1, 0.15) is 18.4 Å². The minimum absolute atomic E-state index is 0.230. The van der Waals surface area contributed by atoms with E-state index in [0.29, 0.717) is 6.07 Å². The van der Waals surface area contributed by atoms with Crippen molar-refractivity contribution >= 4 is 0 Å². The molecule has 0 aliphatic carbocycles. The van der Waals surface area contributed by atoms with Crippen LogP contribution in [0.3, 0.4) is 0 Å². The summed E-state index contributed by atoms with van der Waals surface area (Å²) >= 11 is 0. The summed E-state index contributed by atoms with van der Waals surface area (Å²) in [6.07, 6.45) is 0. The number of hydrogen-bond acceptors (Lipinski definition) is 2. The monoisotopic (exact) mass is 187 g/mol. The van der Waals surface area contributed by atoms with Crippen molar-refractivity contribution in [2.24, 2.45) is 5.73 Å². The first-order chi connectivity index (χ1) is 6.06. The molecule has 1 aromatic carbocycles. The standard InChI is InChI=1S/C9H11F2NO/c1-5(4-12)6-2-9(13)8(11)3-7(6)10/h2-3,5,13H,4,12H2,1H3. The maximum absolute atomic E-state index is 13.1. The molecule has 1 aromatic rings. The van der Waals surface area contributed by atoms with Crippen LogP contribution >= 0.6 is 0 Å². The summed E-state index contributed by atoms with van der Waals surface area (Å²) in [7, 11) is 0. The quantitative estimate of drug-likeness (QED) is 0.740. The molecule has 0 fully saturated rings. The van der Waals surface area contributed by atoms with Gasteiger partial charge in [0.2, 0.25) is 0 Å². The molecule has 4 heteroatoms. The highest BCUT2D eigenvalue weighted by molar-refractivity contribution is 5.32. The summed E-state index contributed by atoms with van der Waals surface area (Å²) in [6, 6.07) is 1.74. The Labute approximate surface area is 75.0 Å². The number of nitrogens with two attached hydrogens (primary N) is 1. The van der Waals surface area contributed by atoms with E-state index in [2.05, 4.69) is 0 Å². The maximum atomic E-state index is 13.1. The molecule has 0 aliphatic rings. The van der Waals surface area contributed by atoms with Crippen LogP contribution in [0.25, 0.3) is 0 Å². The van der Waals surface area contributed by atoms with Crippen molar-refractivity contribution in [3.8, 4) is 5.75 Å². The molecule has 0 radical (unpaired) electrons. The van der Waals surface area contributed by atoms with Crippen molar-refractivity contribution in [3.05, 3.63) is 29.3 Å². The molecule has 0 saturated carbocycles. The van der Waals surface area contributed by atoms with E-state index in [1.807, 2.05) is 0 Å². The highest BCUT2D eigenvalue weighted by Gasteiger charge is 2.13. The largest absolute Gasteiger partial charge is 0.505 e. The van der Waals surface area contributed by atoms with Gasteiger partial charge in [-0.25, -0.2) is 8.78 Å². The second-order valence-electron chi connectivity index (χ2n) is 2.96. The van der Waals surface area contributed by atoms with Crippen LogP contribution in [-0.4, -0.2) is 11.7 Å². The van der Waals surface area contributed by atoms with E-state index in [1.165, 1.54) is 0 Å². The van der Waals surface area contributed by atoms with Crippen molar-refractivity contribution in [3.63, 3.8) is 0 Å². The Balaban J connectivity index is 3.15. The van der Waals surface area contributed by atoms with Crippen molar-refractivity contribution in [2.75, 3.05) is 6.54 Å². The van der Waals surface area contributed by atoms with Gasteiger partial charge in [0.1, 0.15) is 5.82 Å². The Morgan fingerprint density at radius 2 is 2.00 bits per heavy atom.